The van der Waals surface area contributed by atoms with Gasteiger partial charge in [-0.05, 0) is 53.3 Å². The van der Waals surface area contributed by atoms with Crippen LogP contribution in [0.3, 0.4) is 0 Å². The lowest BCUT2D eigenvalue weighted by Gasteiger charge is -2.20. The third-order valence-corrected chi connectivity index (χ3v) is 7.04. The first-order chi connectivity index (χ1) is 15.4. The van der Waals surface area contributed by atoms with Crippen LogP contribution in [0.25, 0.3) is 43.0 Å². The van der Waals surface area contributed by atoms with E-state index in [2.05, 4.69) is 119 Å². The predicted molar refractivity (Wildman–Crippen MR) is 139 cm³/mol. The van der Waals surface area contributed by atoms with E-state index >= 15 is 0 Å². The number of hydrogen-bond donors (Lipinski definition) is 0. The van der Waals surface area contributed by atoms with Gasteiger partial charge in [-0.1, -0.05) is 93.1 Å². The van der Waals surface area contributed by atoms with Crippen molar-refractivity contribution in [3.63, 3.8) is 0 Å². The summed E-state index contributed by atoms with van der Waals surface area (Å²) in [5.41, 5.74) is 8.69. The maximum atomic E-state index is 5.16. The first-order valence-electron chi connectivity index (χ1n) is 11.1. The summed E-state index contributed by atoms with van der Waals surface area (Å²) in [6, 6.07) is 32.6. The maximum Gasteiger partial charge on any atom is 0.125 e. The zero-order valence-electron chi connectivity index (χ0n) is 19.0. The summed E-state index contributed by atoms with van der Waals surface area (Å²) >= 11 is 1.78. The zero-order chi connectivity index (χ0) is 22.3. The van der Waals surface area contributed by atoms with Crippen molar-refractivity contribution in [1.82, 2.24) is 4.98 Å². The van der Waals surface area contributed by atoms with Gasteiger partial charge in [0.2, 0.25) is 0 Å². The van der Waals surface area contributed by atoms with Crippen LogP contribution in [0.1, 0.15) is 31.9 Å². The molecule has 0 amide bonds. The Morgan fingerprint density at radius 1 is 0.688 bits per heavy atom. The summed E-state index contributed by atoms with van der Waals surface area (Å²) in [5.74, 6) is 0. The normalized spacial score (nSPS) is 11.8. The highest BCUT2D eigenvalue weighted by Crippen LogP contribution is 2.44. The van der Waals surface area contributed by atoms with E-state index in [0.29, 0.717) is 0 Å². The molecule has 158 valence electrons. The number of aryl methyl sites for hydroxylation is 1. The summed E-state index contributed by atoms with van der Waals surface area (Å²) in [7, 11) is 0. The van der Waals surface area contributed by atoms with Crippen molar-refractivity contribution in [2.75, 3.05) is 0 Å². The SMILES string of the molecule is Cc1cc(-c2ccc3c(-c4ccccc4)c(-c4ccccc4)sc3n2)cc(C(C)(C)C)c1. The van der Waals surface area contributed by atoms with Gasteiger partial charge < -0.3 is 0 Å². The molecule has 0 bridgehead atoms. The lowest BCUT2D eigenvalue weighted by Crippen LogP contribution is -2.11. The Balaban J connectivity index is 1.72. The van der Waals surface area contributed by atoms with Crippen molar-refractivity contribution < 1.29 is 0 Å². The standard InChI is InChI=1S/C30H27NS/c1-20-17-23(19-24(18-20)30(2,3)4)26-16-15-25-27(21-11-7-5-8-12-21)28(32-29(25)31-26)22-13-9-6-10-14-22/h5-19H,1-4H3. The highest BCUT2D eigenvalue weighted by molar-refractivity contribution is 7.22. The average molecular weight is 434 g/mol. The molecule has 0 saturated heterocycles. The van der Waals surface area contributed by atoms with Crippen molar-refractivity contribution >= 4 is 21.6 Å². The minimum Gasteiger partial charge on any atom is -0.237 e. The molecule has 5 aromatic rings. The van der Waals surface area contributed by atoms with Gasteiger partial charge in [-0.2, -0.15) is 0 Å². The van der Waals surface area contributed by atoms with Gasteiger partial charge in [0.1, 0.15) is 4.83 Å². The van der Waals surface area contributed by atoms with E-state index in [1.54, 1.807) is 11.3 Å². The topological polar surface area (TPSA) is 12.9 Å². The van der Waals surface area contributed by atoms with E-state index in [0.717, 1.165) is 10.5 Å². The molecule has 2 heteroatoms. The summed E-state index contributed by atoms with van der Waals surface area (Å²) < 4.78 is 0. The second-order valence-electron chi connectivity index (χ2n) is 9.43. The van der Waals surface area contributed by atoms with Gasteiger partial charge >= 0.3 is 0 Å². The number of aromatic nitrogens is 1. The van der Waals surface area contributed by atoms with Gasteiger partial charge in [0.25, 0.3) is 0 Å². The molecule has 0 spiro atoms. The second-order valence-corrected chi connectivity index (χ2v) is 10.4. The Morgan fingerprint density at radius 2 is 1.34 bits per heavy atom. The number of pyridine rings is 1. The zero-order valence-corrected chi connectivity index (χ0v) is 19.8. The quantitative estimate of drug-likeness (QED) is 0.277. The van der Waals surface area contributed by atoms with Gasteiger partial charge in [-0.25, -0.2) is 4.98 Å². The summed E-state index contributed by atoms with van der Waals surface area (Å²) in [6.07, 6.45) is 0. The molecule has 0 N–H and O–H groups in total. The molecule has 0 unspecified atom stereocenters. The Kier molecular flexibility index (Phi) is 5.19. The molecule has 0 aliphatic carbocycles. The number of fused-ring (bicyclic) bond motifs is 1. The van der Waals surface area contributed by atoms with E-state index in [1.807, 2.05) is 0 Å². The van der Waals surface area contributed by atoms with Crippen LogP contribution < -0.4 is 0 Å². The lowest BCUT2D eigenvalue weighted by atomic mass is 9.85. The minimum absolute atomic E-state index is 0.106. The molecule has 0 radical (unpaired) electrons. The van der Waals surface area contributed by atoms with Gasteiger partial charge in [-0.3, -0.25) is 0 Å². The van der Waals surface area contributed by atoms with Crippen molar-refractivity contribution in [2.24, 2.45) is 0 Å². The highest BCUT2D eigenvalue weighted by atomic mass is 32.1. The Hall–Kier alpha value is -3.23. The molecule has 0 atom stereocenters. The molecular formula is C30H27NS. The van der Waals surface area contributed by atoms with Crippen molar-refractivity contribution in [2.45, 2.75) is 33.1 Å². The molecule has 0 aliphatic heterocycles. The lowest BCUT2D eigenvalue weighted by molar-refractivity contribution is 0.590. The number of nitrogens with zero attached hydrogens (tertiary/aromatic N) is 1. The molecule has 32 heavy (non-hydrogen) atoms. The molecule has 0 saturated carbocycles. The Morgan fingerprint density at radius 3 is 2.00 bits per heavy atom. The first-order valence-corrected chi connectivity index (χ1v) is 11.9. The molecule has 2 heterocycles. The third-order valence-electron chi connectivity index (χ3n) is 5.89. The van der Waals surface area contributed by atoms with E-state index in [-0.39, 0.29) is 5.41 Å². The molecule has 0 aliphatic rings. The molecule has 0 fully saturated rings. The number of hydrogen-bond acceptors (Lipinski definition) is 2. The Labute approximate surface area is 194 Å². The predicted octanol–water partition coefficient (Wildman–Crippen LogP) is 8.90. The van der Waals surface area contributed by atoms with Gasteiger partial charge in [0, 0.05) is 21.4 Å². The van der Waals surface area contributed by atoms with E-state index < -0.39 is 0 Å². The highest BCUT2D eigenvalue weighted by Gasteiger charge is 2.19. The molecule has 5 rings (SSSR count). The van der Waals surface area contributed by atoms with Crippen LogP contribution >= 0.6 is 11.3 Å². The number of thiophene rings is 1. The minimum atomic E-state index is 0.106. The van der Waals surface area contributed by atoms with Crippen LogP contribution in [0.5, 0.6) is 0 Å². The Bertz CT molecular complexity index is 1390. The fourth-order valence-electron chi connectivity index (χ4n) is 4.19. The van der Waals surface area contributed by atoms with E-state index in [4.69, 9.17) is 4.98 Å². The molecule has 1 nitrogen and oxygen atoms in total. The molecule has 2 aromatic heterocycles. The van der Waals surface area contributed by atoms with Crippen LogP contribution in [0, 0.1) is 6.92 Å². The van der Waals surface area contributed by atoms with Gasteiger partial charge in [0.15, 0.2) is 0 Å². The second kappa shape index (κ2) is 8.03. The van der Waals surface area contributed by atoms with Crippen molar-refractivity contribution in [3.05, 3.63) is 102 Å². The van der Waals surface area contributed by atoms with Crippen LogP contribution in [0.2, 0.25) is 0 Å². The van der Waals surface area contributed by atoms with Crippen LogP contribution in [-0.4, -0.2) is 4.98 Å². The fraction of sp³-hybridized carbons (Fsp3) is 0.167. The smallest absolute Gasteiger partial charge is 0.125 e. The van der Waals surface area contributed by atoms with Gasteiger partial charge in [-0.15, -0.1) is 11.3 Å². The summed E-state index contributed by atoms with van der Waals surface area (Å²) in [5, 5.41) is 1.22. The van der Waals surface area contributed by atoms with Gasteiger partial charge in [0.05, 0.1) is 5.69 Å². The molecule has 3 aromatic carbocycles. The monoisotopic (exact) mass is 433 g/mol. The first kappa shape index (κ1) is 20.7. The number of benzene rings is 3. The van der Waals surface area contributed by atoms with Crippen LogP contribution in [-0.2, 0) is 5.41 Å². The largest absolute Gasteiger partial charge is 0.237 e. The van der Waals surface area contributed by atoms with E-state index in [9.17, 15) is 0 Å². The third kappa shape index (κ3) is 3.87. The van der Waals surface area contributed by atoms with Crippen LogP contribution in [0.15, 0.2) is 91.0 Å². The van der Waals surface area contributed by atoms with Crippen LogP contribution in [0.4, 0.5) is 0 Å². The maximum absolute atomic E-state index is 5.16. The summed E-state index contributed by atoms with van der Waals surface area (Å²) in [6.45, 7) is 8.96. The van der Waals surface area contributed by atoms with Crippen molar-refractivity contribution in [3.8, 4) is 32.8 Å². The molecular weight excluding hydrogens is 406 g/mol. The van der Waals surface area contributed by atoms with Crippen molar-refractivity contribution in [1.29, 1.82) is 0 Å². The fourth-order valence-corrected chi connectivity index (χ4v) is 5.39. The summed E-state index contributed by atoms with van der Waals surface area (Å²) in [4.78, 5) is 7.52. The van der Waals surface area contributed by atoms with E-state index in [1.165, 1.54) is 43.6 Å². The average Bonchev–Trinajstić information content (AvgIpc) is 3.18. The number of rotatable bonds is 3.